The minimum atomic E-state index is -4.49. The fraction of sp³-hybridized carbons (Fsp3) is 0.0833. The highest BCUT2D eigenvalue weighted by atomic mass is 35.5. The number of halogens is 5. The molecule has 3 N–H and O–H groups in total. The third-order valence-electron chi connectivity index (χ3n) is 2.37. The number of hydrogen-bond acceptors (Lipinski definition) is 3. The van der Waals surface area contributed by atoms with Gasteiger partial charge in [0.25, 0.3) is 0 Å². The van der Waals surface area contributed by atoms with Crippen LogP contribution in [0.4, 0.5) is 30.4 Å². The van der Waals surface area contributed by atoms with E-state index in [2.05, 4.69) is 10.3 Å². The maximum atomic E-state index is 12.7. The molecule has 0 atom stereocenters. The van der Waals surface area contributed by atoms with E-state index in [4.69, 9.17) is 28.9 Å². The molecule has 3 nitrogen and oxygen atoms in total. The molecule has 0 aliphatic carbocycles. The average Bonchev–Trinajstić information content (AvgIpc) is 2.31. The summed E-state index contributed by atoms with van der Waals surface area (Å²) in [7, 11) is 0. The van der Waals surface area contributed by atoms with Crippen molar-refractivity contribution in [1.82, 2.24) is 4.98 Å². The molecule has 0 spiro atoms. The normalized spacial score (nSPS) is 11.4. The molecule has 0 bridgehead atoms. The van der Waals surface area contributed by atoms with Gasteiger partial charge in [-0.25, -0.2) is 4.98 Å². The van der Waals surface area contributed by atoms with Crippen molar-refractivity contribution in [3.63, 3.8) is 0 Å². The highest BCUT2D eigenvalue weighted by molar-refractivity contribution is 6.31. The van der Waals surface area contributed by atoms with Crippen molar-refractivity contribution in [3.05, 3.63) is 46.1 Å². The van der Waals surface area contributed by atoms with Crippen molar-refractivity contribution in [2.24, 2.45) is 0 Å². The summed E-state index contributed by atoms with van der Waals surface area (Å²) in [5, 5.41) is 2.96. The number of nitrogens with two attached hydrogens (primary N) is 1. The molecule has 0 saturated heterocycles. The van der Waals surface area contributed by atoms with Crippen LogP contribution in [-0.4, -0.2) is 4.98 Å². The molecular formula is C12H8Cl2F3N3. The molecule has 1 heterocycles. The summed E-state index contributed by atoms with van der Waals surface area (Å²) >= 11 is 11.4. The molecule has 8 heteroatoms. The third kappa shape index (κ3) is 3.46. The SMILES string of the molecule is Nc1cc(Cl)cnc1Nc1cc(Cl)cc(C(F)(F)F)c1. The molecule has 0 saturated carbocycles. The highest BCUT2D eigenvalue weighted by Gasteiger charge is 2.31. The maximum absolute atomic E-state index is 12.7. The number of alkyl halides is 3. The highest BCUT2D eigenvalue weighted by Crippen LogP contribution is 2.34. The summed E-state index contributed by atoms with van der Waals surface area (Å²) in [6, 6.07) is 4.53. The first-order valence-electron chi connectivity index (χ1n) is 5.31. The molecule has 0 unspecified atom stereocenters. The maximum Gasteiger partial charge on any atom is 0.416 e. The molecular weight excluding hydrogens is 314 g/mol. The van der Waals surface area contributed by atoms with E-state index in [0.29, 0.717) is 5.02 Å². The largest absolute Gasteiger partial charge is 0.416 e. The van der Waals surface area contributed by atoms with Crippen LogP contribution < -0.4 is 11.1 Å². The number of hydrogen-bond donors (Lipinski definition) is 2. The van der Waals surface area contributed by atoms with Gasteiger partial charge in [-0.2, -0.15) is 13.2 Å². The third-order valence-corrected chi connectivity index (χ3v) is 2.80. The van der Waals surface area contributed by atoms with Gasteiger partial charge in [0.2, 0.25) is 0 Å². The van der Waals surface area contributed by atoms with Crippen LogP contribution in [-0.2, 0) is 6.18 Å². The number of nitrogens with zero attached hydrogens (tertiary/aromatic N) is 1. The molecule has 20 heavy (non-hydrogen) atoms. The number of nitrogens with one attached hydrogen (secondary N) is 1. The molecule has 106 valence electrons. The number of pyridine rings is 1. The second kappa shape index (κ2) is 5.38. The van der Waals surface area contributed by atoms with Crippen molar-refractivity contribution in [2.75, 3.05) is 11.1 Å². The second-order valence-electron chi connectivity index (χ2n) is 3.94. The van der Waals surface area contributed by atoms with E-state index in [1.54, 1.807) is 0 Å². The Labute approximate surface area is 122 Å². The van der Waals surface area contributed by atoms with E-state index in [1.807, 2.05) is 0 Å². The predicted octanol–water partition coefficient (Wildman–Crippen LogP) is 4.73. The zero-order valence-electron chi connectivity index (χ0n) is 9.80. The van der Waals surface area contributed by atoms with Crippen molar-refractivity contribution in [1.29, 1.82) is 0 Å². The topological polar surface area (TPSA) is 50.9 Å². The van der Waals surface area contributed by atoms with E-state index in [1.165, 1.54) is 18.3 Å². The number of benzene rings is 1. The van der Waals surface area contributed by atoms with Crippen LogP contribution >= 0.6 is 23.2 Å². The first-order valence-corrected chi connectivity index (χ1v) is 6.07. The van der Waals surface area contributed by atoms with Gasteiger partial charge in [-0.05, 0) is 24.3 Å². The lowest BCUT2D eigenvalue weighted by atomic mass is 10.2. The van der Waals surface area contributed by atoms with Gasteiger partial charge in [0.05, 0.1) is 16.3 Å². The van der Waals surface area contributed by atoms with Gasteiger partial charge >= 0.3 is 6.18 Å². The van der Waals surface area contributed by atoms with Gasteiger partial charge in [-0.1, -0.05) is 23.2 Å². The quantitative estimate of drug-likeness (QED) is 0.840. The monoisotopic (exact) mass is 321 g/mol. The van der Waals surface area contributed by atoms with Crippen molar-refractivity contribution in [2.45, 2.75) is 6.18 Å². The van der Waals surface area contributed by atoms with Gasteiger partial charge in [0.1, 0.15) is 0 Å². The Morgan fingerprint density at radius 1 is 1.05 bits per heavy atom. The molecule has 0 fully saturated rings. The lowest BCUT2D eigenvalue weighted by Gasteiger charge is -2.12. The standard InChI is InChI=1S/C12H8Cl2F3N3/c13-7-1-6(12(15,16)17)2-9(3-7)20-11-10(18)4-8(14)5-19-11/h1-5H,18H2,(H,19,20). The molecule has 2 rings (SSSR count). The first kappa shape index (κ1) is 14.7. The molecule has 0 radical (unpaired) electrons. The molecule has 0 aliphatic rings. The van der Waals surface area contributed by atoms with Crippen molar-refractivity contribution < 1.29 is 13.2 Å². The smallest absolute Gasteiger partial charge is 0.396 e. The minimum Gasteiger partial charge on any atom is -0.396 e. The summed E-state index contributed by atoms with van der Waals surface area (Å²) in [5.41, 5.74) is 5.15. The van der Waals surface area contributed by atoms with Crippen LogP contribution in [0.1, 0.15) is 5.56 Å². The van der Waals surface area contributed by atoms with E-state index >= 15 is 0 Å². The Kier molecular flexibility index (Phi) is 3.96. The molecule has 2 aromatic rings. The molecule has 0 amide bonds. The zero-order chi connectivity index (χ0) is 14.9. The van der Waals surface area contributed by atoms with Crippen molar-refractivity contribution >= 4 is 40.4 Å². The summed E-state index contributed by atoms with van der Waals surface area (Å²) < 4.78 is 38.0. The van der Waals surface area contributed by atoms with Crippen LogP contribution in [0.5, 0.6) is 0 Å². The average molecular weight is 322 g/mol. The van der Waals surface area contributed by atoms with Crippen LogP contribution in [0.15, 0.2) is 30.5 Å². The van der Waals surface area contributed by atoms with Crippen molar-refractivity contribution in [3.8, 4) is 0 Å². The van der Waals surface area contributed by atoms with E-state index in [-0.39, 0.29) is 22.2 Å². The van der Waals surface area contributed by atoms with E-state index in [9.17, 15) is 13.2 Å². The Morgan fingerprint density at radius 2 is 1.75 bits per heavy atom. The summed E-state index contributed by atoms with van der Waals surface area (Å²) in [6.45, 7) is 0. The summed E-state index contributed by atoms with van der Waals surface area (Å²) in [4.78, 5) is 3.90. The first-order chi connectivity index (χ1) is 9.25. The number of nitrogen functional groups attached to an aromatic ring is 1. The fourth-order valence-corrected chi connectivity index (χ4v) is 1.92. The second-order valence-corrected chi connectivity index (χ2v) is 4.82. The summed E-state index contributed by atoms with van der Waals surface area (Å²) in [6.07, 6.45) is -3.16. The number of anilines is 3. The van der Waals surface area contributed by atoms with E-state index in [0.717, 1.165) is 12.1 Å². The van der Waals surface area contributed by atoms with Gasteiger partial charge in [-0.3, -0.25) is 0 Å². The molecule has 0 aliphatic heterocycles. The predicted molar refractivity (Wildman–Crippen MR) is 73.4 cm³/mol. The van der Waals surface area contributed by atoms with E-state index < -0.39 is 11.7 Å². The Bertz CT molecular complexity index is 644. The summed E-state index contributed by atoms with van der Waals surface area (Å²) in [5.74, 6) is 0.199. The lowest BCUT2D eigenvalue weighted by Crippen LogP contribution is -2.06. The van der Waals surface area contributed by atoms with Gasteiger partial charge < -0.3 is 11.1 Å². The molecule has 1 aromatic heterocycles. The fourth-order valence-electron chi connectivity index (χ4n) is 1.52. The van der Waals surface area contributed by atoms with Crippen LogP contribution in [0, 0.1) is 0 Å². The van der Waals surface area contributed by atoms with Gasteiger partial charge in [0, 0.05) is 16.9 Å². The Morgan fingerprint density at radius 3 is 2.35 bits per heavy atom. The van der Waals surface area contributed by atoms with Crippen LogP contribution in [0.25, 0.3) is 0 Å². The van der Waals surface area contributed by atoms with Gasteiger partial charge in [0.15, 0.2) is 5.82 Å². The zero-order valence-corrected chi connectivity index (χ0v) is 11.3. The lowest BCUT2D eigenvalue weighted by molar-refractivity contribution is -0.137. The number of aromatic nitrogens is 1. The molecule has 1 aromatic carbocycles. The number of rotatable bonds is 2. The van der Waals surface area contributed by atoms with Crippen LogP contribution in [0.2, 0.25) is 10.0 Å². The Hall–Kier alpha value is -1.66. The van der Waals surface area contributed by atoms with Gasteiger partial charge in [-0.15, -0.1) is 0 Å². The van der Waals surface area contributed by atoms with Crippen LogP contribution in [0.3, 0.4) is 0 Å². The Balaban J connectivity index is 2.36. The minimum absolute atomic E-state index is 0.0464.